The molecule has 0 radical (unpaired) electrons. The molecule has 22 heavy (non-hydrogen) atoms. The van der Waals surface area contributed by atoms with E-state index in [1.807, 2.05) is 18.2 Å². The van der Waals surface area contributed by atoms with Crippen molar-refractivity contribution in [2.75, 3.05) is 11.9 Å². The summed E-state index contributed by atoms with van der Waals surface area (Å²) in [5.41, 5.74) is 3.25. The number of carbonyl (C=O) groups is 2. The van der Waals surface area contributed by atoms with Gasteiger partial charge in [-0.2, -0.15) is 0 Å². The Balaban J connectivity index is 2.25. The second-order valence-corrected chi connectivity index (χ2v) is 5.75. The lowest BCUT2D eigenvalue weighted by Crippen LogP contribution is -2.26. The van der Waals surface area contributed by atoms with E-state index >= 15 is 0 Å². The topological polar surface area (TPSA) is 37.4 Å². The van der Waals surface area contributed by atoms with E-state index in [1.54, 1.807) is 36.2 Å². The van der Waals surface area contributed by atoms with Gasteiger partial charge in [-0.3, -0.25) is 9.59 Å². The molecule has 0 saturated heterocycles. The number of ketones is 1. The molecule has 2 aromatic carbocycles. The third-order valence-electron chi connectivity index (χ3n) is 3.77. The maximum Gasteiger partial charge on any atom is 0.258 e. The predicted molar refractivity (Wildman–Crippen MR) is 89.7 cm³/mol. The molecule has 114 valence electrons. The average molecular weight is 295 g/mol. The SMILES string of the molecule is CC(=O)c1ccc(C(=O)N(C)c2cccc(C(C)C)c2)cc1. The van der Waals surface area contributed by atoms with E-state index in [0.717, 1.165) is 5.69 Å². The van der Waals surface area contributed by atoms with Crippen LogP contribution in [0.1, 0.15) is 53.0 Å². The Bertz CT molecular complexity index is 687. The molecule has 0 aliphatic rings. The number of benzene rings is 2. The summed E-state index contributed by atoms with van der Waals surface area (Å²) in [7, 11) is 1.76. The fraction of sp³-hybridized carbons (Fsp3) is 0.263. The molecule has 2 aromatic rings. The molecule has 0 aromatic heterocycles. The monoisotopic (exact) mass is 295 g/mol. The zero-order chi connectivity index (χ0) is 16.3. The third-order valence-corrected chi connectivity index (χ3v) is 3.77. The van der Waals surface area contributed by atoms with E-state index in [9.17, 15) is 9.59 Å². The van der Waals surface area contributed by atoms with Gasteiger partial charge in [0.2, 0.25) is 0 Å². The van der Waals surface area contributed by atoms with Crippen LogP contribution >= 0.6 is 0 Å². The van der Waals surface area contributed by atoms with E-state index in [0.29, 0.717) is 17.0 Å². The minimum Gasteiger partial charge on any atom is -0.311 e. The summed E-state index contributed by atoms with van der Waals surface area (Å²) in [6.45, 7) is 5.77. The zero-order valence-corrected chi connectivity index (χ0v) is 13.5. The molecule has 1 amide bonds. The van der Waals surface area contributed by atoms with Crippen molar-refractivity contribution in [3.05, 3.63) is 65.2 Å². The van der Waals surface area contributed by atoms with Gasteiger partial charge < -0.3 is 4.90 Å². The Kier molecular flexibility index (Phi) is 4.76. The number of Topliss-reactive ketones (excluding diaryl/α,β-unsaturated/α-hetero) is 1. The molecule has 0 saturated carbocycles. The lowest BCUT2D eigenvalue weighted by molar-refractivity contribution is 0.0988. The number of hydrogen-bond donors (Lipinski definition) is 0. The van der Waals surface area contributed by atoms with Crippen LogP contribution in [0.4, 0.5) is 5.69 Å². The summed E-state index contributed by atoms with van der Waals surface area (Å²) in [6.07, 6.45) is 0. The number of rotatable bonds is 4. The van der Waals surface area contributed by atoms with Crippen LogP contribution in [0.5, 0.6) is 0 Å². The largest absolute Gasteiger partial charge is 0.311 e. The Labute approximate surface area is 131 Å². The first kappa shape index (κ1) is 16.0. The van der Waals surface area contributed by atoms with Crippen molar-refractivity contribution >= 4 is 17.4 Å². The highest BCUT2D eigenvalue weighted by Gasteiger charge is 2.14. The van der Waals surface area contributed by atoms with Crippen LogP contribution in [0.15, 0.2) is 48.5 Å². The number of carbonyl (C=O) groups excluding carboxylic acids is 2. The van der Waals surface area contributed by atoms with Crippen LogP contribution in [0.3, 0.4) is 0 Å². The fourth-order valence-corrected chi connectivity index (χ4v) is 2.25. The molecule has 0 fully saturated rings. The molecule has 3 nitrogen and oxygen atoms in total. The van der Waals surface area contributed by atoms with Crippen molar-refractivity contribution in [3.8, 4) is 0 Å². The standard InChI is InChI=1S/C19H21NO2/c1-13(2)17-6-5-7-18(12-17)20(4)19(22)16-10-8-15(9-11-16)14(3)21/h5-13H,1-4H3. The van der Waals surface area contributed by atoms with E-state index in [4.69, 9.17) is 0 Å². The van der Waals surface area contributed by atoms with E-state index in [-0.39, 0.29) is 11.7 Å². The highest BCUT2D eigenvalue weighted by Crippen LogP contribution is 2.22. The Morgan fingerprint density at radius 3 is 2.09 bits per heavy atom. The molecular formula is C19H21NO2. The van der Waals surface area contributed by atoms with Gasteiger partial charge in [-0.15, -0.1) is 0 Å². The number of hydrogen-bond acceptors (Lipinski definition) is 2. The quantitative estimate of drug-likeness (QED) is 0.789. The van der Waals surface area contributed by atoms with E-state index in [2.05, 4.69) is 19.9 Å². The summed E-state index contributed by atoms with van der Waals surface area (Å²) in [5, 5.41) is 0. The number of amides is 1. The molecule has 0 spiro atoms. The van der Waals surface area contributed by atoms with E-state index in [1.165, 1.54) is 12.5 Å². The molecule has 0 bridgehead atoms. The third kappa shape index (κ3) is 3.42. The summed E-state index contributed by atoms with van der Waals surface area (Å²) < 4.78 is 0. The maximum atomic E-state index is 12.5. The molecule has 3 heteroatoms. The average Bonchev–Trinajstić information content (AvgIpc) is 2.53. The first-order chi connectivity index (χ1) is 10.4. The first-order valence-corrected chi connectivity index (χ1v) is 7.39. The lowest BCUT2D eigenvalue weighted by Gasteiger charge is -2.19. The van der Waals surface area contributed by atoms with Crippen molar-refractivity contribution in [2.24, 2.45) is 0 Å². The molecular weight excluding hydrogens is 274 g/mol. The van der Waals surface area contributed by atoms with Crippen molar-refractivity contribution in [1.29, 1.82) is 0 Å². The highest BCUT2D eigenvalue weighted by atomic mass is 16.2. The highest BCUT2D eigenvalue weighted by molar-refractivity contribution is 6.06. The van der Waals surface area contributed by atoms with Gasteiger partial charge in [0.05, 0.1) is 0 Å². The van der Waals surface area contributed by atoms with Crippen LogP contribution in [-0.4, -0.2) is 18.7 Å². The van der Waals surface area contributed by atoms with Crippen LogP contribution in [0, 0.1) is 0 Å². The van der Waals surface area contributed by atoms with Gasteiger partial charge in [-0.25, -0.2) is 0 Å². The number of nitrogens with zero attached hydrogens (tertiary/aromatic N) is 1. The Morgan fingerprint density at radius 1 is 0.955 bits per heavy atom. The molecule has 0 N–H and O–H groups in total. The van der Waals surface area contributed by atoms with Gasteiger partial charge in [0, 0.05) is 23.9 Å². The van der Waals surface area contributed by atoms with E-state index < -0.39 is 0 Å². The predicted octanol–water partition coefficient (Wildman–Crippen LogP) is 4.29. The first-order valence-electron chi connectivity index (χ1n) is 7.39. The summed E-state index contributed by atoms with van der Waals surface area (Å²) in [4.78, 5) is 25.5. The van der Waals surface area contributed by atoms with Crippen molar-refractivity contribution in [1.82, 2.24) is 0 Å². The van der Waals surface area contributed by atoms with Crippen molar-refractivity contribution < 1.29 is 9.59 Å². The lowest BCUT2D eigenvalue weighted by atomic mass is 10.0. The summed E-state index contributed by atoms with van der Waals surface area (Å²) in [5.74, 6) is 0.325. The van der Waals surface area contributed by atoms with Gasteiger partial charge in [0.15, 0.2) is 5.78 Å². The minimum absolute atomic E-state index is 0.00279. The van der Waals surface area contributed by atoms with Gasteiger partial charge >= 0.3 is 0 Å². The number of anilines is 1. The normalized spacial score (nSPS) is 10.6. The van der Waals surface area contributed by atoms with Crippen molar-refractivity contribution in [2.45, 2.75) is 26.7 Å². The molecule has 0 aliphatic carbocycles. The molecule has 0 aliphatic heterocycles. The molecule has 0 atom stereocenters. The zero-order valence-electron chi connectivity index (χ0n) is 13.5. The molecule has 0 unspecified atom stereocenters. The van der Waals surface area contributed by atoms with Crippen LogP contribution in [0.2, 0.25) is 0 Å². The smallest absolute Gasteiger partial charge is 0.258 e. The molecule has 0 heterocycles. The maximum absolute atomic E-state index is 12.5. The van der Waals surface area contributed by atoms with Gasteiger partial charge in [-0.1, -0.05) is 38.1 Å². The van der Waals surface area contributed by atoms with Gasteiger partial charge in [0.1, 0.15) is 0 Å². The minimum atomic E-state index is -0.0870. The Hall–Kier alpha value is -2.42. The summed E-state index contributed by atoms with van der Waals surface area (Å²) in [6, 6.07) is 14.8. The van der Waals surface area contributed by atoms with Crippen LogP contribution < -0.4 is 4.90 Å². The fourth-order valence-electron chi connectivity index (χ4n) is 2.25. The summed E-state index contributed by atoms with van der Waals surface area (Å²) >= 11 is 0. The van der Waals surface area contributed by atoms with Crippen LogP contribution in [-0.2, 0) is 0 Å². The second kappa shape index (κ2) is 6.56. The molecule has 2 rings (SSSR count). The van der Waals surface area contributed by atoms with Gasteiger partial charge in [0.25, 0.3) is 5.91 Å². The van der Waals surface area contributed by atoms with Gasteiger partial charge in [-0.05, 0) is 42.7 Å². The second-order valence-electron chi connectivity index (χ2n) is 5.75. The van der Waals surface area contributed by atoms with Crippen molar-refractivity contribution in [3.63, 3.8) is 0 Å². The van der Waals surface area contributed by atoms with Crippen LogP contribution in [0.25, 0.3) is 0 Å². The Morgan fingerprint density at radius 2 is 1.55 bits per heavy atom.